The van der Waals surface area contributed by atoms with Crippen LogP contribution in [0.5, 0.6) is 0 Å². The second-order valence-electron chi connectivity index (χ2n) is 9.64. The molecule has 212 valence electrons. The van der Waals surface area contributed by atoms with Crippen LogP contribution >= 0.6 is 8.38 Å². The number of aromatic amines is 1. The topological polar surface area (TPSA) is 176 Å². The van der Waals surface area contributed by atoms with Gasteiger partial charge in [-0.05, 0) is 17.8 Å². The van der Waals surface area contributed by atoms with Crippen LogP contribution in [0.25, 0.3) is 11.0 Å². The molecule has 1 aliphatic heterocycles. The van der Waals surface area contributed by atoms with E-state index in [1.807, 2.05) is 0 Å². The lowest BCUT2D eigenvalue weighted by Gasteiger charge is -2.34. The Morgan fingerprint density at radius 2 is 2.21 bits per heavy atom. The van der Waals surface area contributed by atoms with E-state index in [2.05, 4.69) is 76.4 Å². The molecule has 3 rings (SSSR count). The van der Waals surface area contributed by atoms with Crippen LogP contribution in [0.2, 0.25) is 0 Å². The molecule has 2 aromatic heterocycles. The van der Waals surface area contributed by atoms with Crippen molar-refractivity contribution in [1.29, 1.82) is 6.69 Å². The third-order valence-corrected chi connectivity index (χ3v) is 8.76. The number of H-pyrrole nitrogens is 1. The second-order valence-corrected chi connectivity index (χ2v) is 11.3. The molecule has 1 fully saturated rings. The molecule has 13 nitrogen and oxygen atoms in total. The molecule has 4 atom stereocenters. The molecule has 2 aromatic rings. The largest absolute Gasteiger partial charge is 0.394 e. The van der Waals surface area contributed by atoms with Crippen molar-refractivity contribution < 1.29 is 23.7 Å². The average Bonchev–Trinajstić information content (AvgIpc) is 3.48. The number of amides is 2. The summed E-state index contributed by atoms with van der Waals surface area (Å²) in [7, 11) is 0.0818. The van der Waals surface area contributed by atoms with E-state index in [1.54, 1.807) is 0 Å². The Balaban J connectivity index is 1.91. The van der Waals surface area contributed by atoms with E-state index in [4.69, 9.17) is 20.5 Å². The van der Waals surface area contributed by atoms with Crippen molar-refractivity contribution in [2.24, 2.45) is 11.8 Å². The van der Waals surface area contributed by atoms with Crippen LogP contribution in [0.3, 0.4) is 0 Å². The summed E-state index contributed by atoms with van der Waals surface area (Å²) in [5.74, 6) is 6.15. The van der Waals surface area contributed by atoms with E-state index in [0.717, 1.165) is 0 Å². The third kappa shape index (κ3) is 7.53. The van der Waals surface area contributed by atoms with Crippen LogP contribution in [0.1, 0.15) is 52.5 Å². The van der Waals surface area contributed by atoms with Crippen molar-refractivity contribution in [3.8, 4) is 17.9 Å². The number of aliphatic hydroxyl groups is 1. The number of aliphatic hydroxyl groups excluding tert-OH is 1. The lowest BCUT2D eigenvalue weighted by atomic mass is 10.00. The van der Waals surface area contributed by atoms with Crippen LogP contribution in [0.15, 0.2) is 11.1 Å². The van der Waals surface area contributed by atoms with E-state index in [0.29, 0.717) is 6.42 Å². The fourth-order valence-electron chi connectivity index (χ4n) is 4.48. The minimum Gasteiger partial charge on any atom is -0.394 e. The van der Waals surface area contributed by atoms with Gasteiger partial charge in [0.05, 0.1) is 44.7 Å². The van der Waals surface area contributed by atoms with E-state index in [1.165, 1.54) is 18.1 Å². The van der Waals surface area contributed by atoms with E-state index in [9.17, 15) is 9.59 Å². The lowest BCUT2D eigenvalue weighted by molar-refractivity contribution is -0.0439. The molecule has 1 aliphatic rings. The number of rotatable bonds is 12. The Morgan fingerprint density at radius 3 is 2.87 bits per heavy atom. The zero-order valence-electron chi connectivity index (χ0n) is 23.8. The van der Waals surface area contributed by atoms with Gasteiger partial charge in [0.15, 0.2) is 25.9 Å². The third-order valence-electron chi connectivity index (χ3n) is 6.16. The number of fused-ring (bicyclic) bond motifs is 1. The quantitative estimate of drug-likeness (QED) is 0.171. The van der Waals surface area contributed by atoms with Gasteiger partial charge in [0.2, 0.25) is 1.43 Å². The molecule has 39 heavy (non-hydrogen) atoms. The molecular weight excluding hydrogens is 525 g/mol. The summed E-state index contributed by atoms with van der Waals surface area (Å²) >= 11 is 0. The number of hydrogen-bond acceptors (Lipinski definition) is 9. The molecule has 0 saturated carbocycles. The number of carbonyl (C=O) groups excluding carboxylic acids is 1. The predicted octanol–water partition coefficient (Wildman–Crippen LogP) is 1.99. The van der Waals surface area contributed by atoms with Gasteiger partial charge in [-0.2, -0.15) is 10.4 Å². The van der Waals surface area contributed by atoms with Crippen molar-refractivity contribution in [3.63, 3.8) is 0 Å². The van der Waals surface area contributed by atoms with Crippen molar-refractivity contribution in [2.75, 3.05) is 26.8 Å². The van der Waals surface area contributed by atoms with Crippen LogP contribution in [0.4, 0.5) is 4.79 Å². The fraction of sp³-hybridized carbons (Fsp3) is 0.640. The maximum absolute atomic E-state index is 12.7. The Morgan fingerprint density at radius 1 is 1.44 bits per heavy atom. The highest BCUT2D eigenvalue weighted by molar-refractivity contribution is 7.48. The second kappa shape index (κ2) is 14.4. The minimum atomic E-state index is -1.41. The van der Waals surface area contributed by atoms with Crippen molar-refractivity contribution in [2.45, 2.75) is 64.6 Å². The summed E-state index contributed by atoms with van der Waals surface area (Å²) in [6.45, 7) is 8.70. The van der Waals surface area contributed by atoms with Gasteiger partial charge < -0.3 is 34.5 Å². The predicted molar refractivity (Wildman–Crippen MR) is 145 cm³/mol. The number of nitriles is 1. The summed E-state index contributed by atoms with van der Waals surface area (Å²) in [6, 6.07) is 1.72. The molecular formula is C25H36N7O6P. The number of carbonyl (C=O) groups is 1. The lowest BCUT2D eigenvalue weighted by Crippen LogP contribution is -2.32. The van der Waals surface area contributed by atoms with Gasteiger partial charge in [0.1, 0.15) is 11.5 Å². The number of aromatic nitrogens is 4. The Labute approximate surface area is 230 Å². The van der Waals surface area contributed by atoms with Crippen LogP contribution < -0.4 is 16.2 Å². The molecule has 0 radical (unpaired) electrons. The maximum atomic E-state index is 12.7. The molecule has 0 aliphatic carbocycles. The first-order valence-corrected chi connectivity index (χ1v) is 14.1. The monoisotopic (exact) mass is 562 g/mol. The summed E-state index contributed by atoms with van der Waals surface area (Å²) in [5, 5.41) is 23.4. The zero-order chi connectivity index (χ0) is 29.2. The van der Waals surface area contributed by atoms with Crippen LogP contribution in [-0.2, 0) is 13.8 Å². The van der Waals surface area contributed by atoms with E-state index >= 15 is 0 Å². The minimum absolute atomic E-state index is 0.0488. The van der Waals surface area contributed by atoms with Crippen molar-refractivity contribution in [1.82, 2.24) is 30.4 Å². The van der Waals surface area contributed by atoms with E-state index < -0.39 is 32.4 Å². The highest BCUT2D eigenvalue weighted by Crippen LogP contribution is 2.53. The van der Waals surface area contributed by atoms with Gasteiger partial charge >= 0.3 is 6.03 Å². The van der Waals surface area contributed by atoms with E-state index in [-0.39, 0.29) is 66.4 Å². The van der Waals surface area contributed by atoms with Gasteiger partial charge in [0.25, 0.3) is 5.56 Å². The molecule has 4 unspecified atom stereocenters. The smallest absolute Gasteiger partial charge is 0.315 e. The first-order valence-electron chi connectivity index (χ1n) is 13.2. The Bertz CT molecular complexity index is 1290. The molecule has 2 amide bonds. The highest BCUT2D eigenvalue weighted by Gasteiger charge is 2.42. The van der Waals surface area contributed by atoms with Crippen molar-refractivity contribution >= 4 is 25.4 Å². The normalized spacial score (nSPS) is 20.1. The molecule has 14 heteroatoms. The number of ether oxygens (including phenoxy) is 1. The van der Waals surface area contributed by atoms with Gasteiger partial charge in [-0.3, -0.25) is 4.79 Å². The number of nitrogens with one attached hydrogen (secondary N) is 3. The summed E-state index contributed by atoms with van der Waals surface area (Å²) in [5.41, 5.74) is 0.147. The maximum Gasteiger partial charge on any atom is 0.315 e. The van der Waals surface area contributed by atoms with Gasteiger partial charge in [-0.15, -0.1) is 0 Å². The summed E-state index contributed by atoms with van der Waals surface area (Å²) in [4.78, 5) is 30.9. The first kappa shape index (κ1) is 28.9. The van der Waals surface area contributed by atoms with Crippen LogP contribution in [-0.4, -0.2) is 77.0 Å². The number of nitrogens with zero attached hydrogens (tertiary/aromatic N) is 4. The SMILES string of the molecule is [2H]OCC1OC(n2nc(C#CCNC(=O)NC)c3c(=O)[nH]cnc32)CC1OP(OCCC#N)C(C(C)C)C(C)C. The summed E-state index contributed by atoms with van der Waals surface area (Å²) in [6.07, 6.45) is 0.0485. The standard InChI is InChI=1S/C25H36N7O6P/c1-15(2)22(16(3)4)39(36-11-7-9-26)38-18-12-20(37-19(18)13-33)32-23-21(24(34)30-14-29-23)17(31-32)8-6-10-28-25(35)27-5/h14-16,18-20,22,33H,7,10-13H2,1-5H3,(H2,27,28,35)(H,29,30,34)/i33D. The van der Waals surface area contributed by atoms with Gasteiger partial charge in [-0.1, -0.05) is 33.6 Å². The molecule has 0 aromatic carbocycles. The van der Waals surface area contributed by atoms with Crippen LogP contribution in [0, 0.1) is 35.0 Å². The average molecular weight is 563 g/mol. The molecule has 4 N–H and O–H groups in total. The summed E-state index contributed by atoms with van der Waals surface area (Å²) < 4.78 is 27.7. The molecule has 0 bridgehead atoms. The number of hydrogen-bond donors (Lipinski definition) is 4. The molecule has 3 heterocycles. The van der Waals surface area contributed by atoms with Gasteiger partial charge in [0, 0.05) is 19.1 Å². The first-order chi connectivity index (χ1) is 19.2. The fourth-order valence-corrected chi connectivity index (χ4v) is 6.59. The Hall–Kier alpha value is -3.06. The number of urea groups is 1. The Kier molecular flexibility index (Phi) is 10.7. The molecule has 0 spiro atoms. The van der Waals surface area contributed by atoms with Gasteiger partial charge in [-0.25, -0.2) is 14.5 Å². The highest BCUT2D eigenvalue weighted by atomic mass is 31.2. The molecule has 1 saturated heterocycles. The zero-order valence-corrected chi connectivity index (χ0v) is 23.7. The van der Waals surface area contributed by atoms with Crippen molar-refractivity contribution in [3.05, 3.63) is 22.4 Å².